The van der Waals surface area contributed by atoms with Crippen molar-refractivity contribution in [3.05, 3.63) is 29.3 Å². The van der Waals surface area contributed by atoms with E-state index in [1.54, 1.807) is 17.8 Å². The molecule has 1 aromatic carbocycles. The summed E-state index contributed by atoms with van der Waals surface area (Å²) in [5.41, 5.74) is -0.595. The summed E-state index contributed by atoms with van der Waals surface area (Å²) in [6, 6.07) is 7.49. The van der Waals surface area contributed by atoms with Crippen LogP contribution >= 0.6 is 23.4 Å². The van der Waals surface area contributed by atoms with Crippen LogP contribution in [0, 0.1) is 17.3 Å². The van der Waals surface area contributed by atoms with Gasteiger partial charge in [0.25, 0.3) is 0 Å². The summed E-state index contributed by atoms with van der Waals surface area (Å²) in [6.45, 7) is 1.92. The van der Waals surface area contributed by atoms with E-state index >= 15 is 0 Å². The maximum Gasteiger partial charge on any atom is 0.307 e. The van der Waals surface area contributed by atoms with E-state index < -0.39 is 17.3 Å². The number of carbonyl (C=O) groups is 2. The highest BCUT2D eigenvalue weighted by atomic mass is 35.5. The summed E-state index contributed by atoms with van der Waals surface area (Å²) in [4.78, 5) is 24.6. The summed E-state index contributed by atoms with van der Waals surface area (Å²) < 4.78 is 0. The van der Waals surface area contributed by atoms with Gasteiger partial charge >= 0.3 is 5.97 Å². The molecule has 1 aromatic rings. The van der Waals surface area contributed by atoms with Crippen LogP contribution in [0.3, 0.4) is 0 Å². The van der Waals surface area contributed by atoms with E-state index in [4.69, 9.17) is 11.6 Å². The third kappa shape index (κ3) is 1.89. The van der Waals surface area contributed by atoms with Crippen molar-refractivity contribution in [2.75, 3.05) is 0 Å². The second-order valence-electron chi connectivity index (χ2n) is 5.48. The lowest BCUT2D eigenvalue weighted by Crippen LogP contribution is -2.20. The Balaban J connectivity index is 1.83. The van der Waals surface area contributed by atoms with Gasteiger partial charge in [0.15, 0.2) is 0 Å². The maximum absolute atomic E-state index is 12.2. The first-order chi connectivity index (χ1) is 9.50. The highest BCUT2D eigenvalue weighted by Crippen LogP contribution is 2.70. The largest absolute Gasteiger partial charge is 0.481 e. The quantitative estimate of drug-likeness (QED) is 0.924. The predicted molar refractivity (Wildman–Crippen MR) is 78.1 cm³/mol. The second kappa shape index (κ2) is 4.78. The monoisotopic (exact) mass is 310 g/mol. The second-order valence-corrected chi connectivity index (χ2v) is 7.23. The van der Waals surface area contributed by atoms with E-state index in [0.717, 1.165) is 4.90 Å². The minimum absolute atomic E-state index is 0.0264. The van der Waals surface area contributed by atoms with Crippen LogP contribution in [0.25, 0.3) is 0 Å². The number of hydrogen-bond donors (Lipinski definition) is 1. The van der Waals surface area contributed by atoms with E-state index in [1.165, 1.54) is 0 Å². The van der Waals surface area contributed by atoms with Crippen LogP contribution in [-0.2, 0) is 9.59 Å². The number of rotatable bonds is 4. The van der Waals surface area contributed by atoms with Crippen molar-refractivity contribution >= 4 is 35.1 Å². The van der Waals surface area contributed by atoms with Crippen molar-refractivity contribution in [2.45, 2.75) is 29.9 Å². The number of Topliss-reactive ketones (excluding diaryl/α,β-unsaturated/α-hetero) is 1. The Kier molecular flexibility index (Phi) is 3.33. The molecule has 2 aliphatic rings. The number of benzene rings is 1. The van der Waals surface area contributed by atoms with Gasteiger partial charge in [-0.1, -0.05) is 24.6 Å². The Morgan fingerprint density at radius 2 is 2.30 bits per heavy atom. The van der Waals surface area contributed by atoms with E-state index in [2.05, 4.69) is 0 Å². The summed E-state index contributed by atoms with van der Waals surface area (Å²) in [5, 5.41) is 10.0. The minimum atomic E-state index is -0.832. The SMILES string of the molecule is CCC12C(=O)CC(Sc3cccc(Cl)c3)C1C2C(=O)O. The molecule has 20 heavy (non-hydrogen) atoms. The number of ketones is 1. The third-order valence-corrected chi connectivity index (χ3v) is 6.16. The first-order valence-electron chi connectivity index (χ1n) is 6.69. The van der Waals surface area contributed by atoms with Gasteiger partial charge in [-0.05, 0) is 30.5 Å². The molecule has 5 heteroatoms. The van der Waals surface area contributed by atoms with Crippen molar-refractivity contribution in [2.24, 2.45) is 17.3 Å². The van der Waals surface area contributed by atoms with Crippen LogP contribution in [0.1, 0.15) is 19.8 Å². The molecule has 3 rings (SSSR count). The van der Waals surface area contributed by atoms with E-state index in [9.17, 15) is 14.7 Å². The van der Waals surface area contributed by atoms with Gasteiger partial charge < -0.3 is 5.11 Å². The lowest BCUT2D eigenvalue weighted by molar-refractivity contribution is -0.142. The fourth-order valence-corrected chi connectivity index (χ4v) is 5.47. The van der Waals surface area contributed by atoms with Crippen LogP contribution in [0.4, 0.5) is 0 Å². The number of thioether (sulfide) groups is 1. The van der Waals surface area contributed by atoms with Crippen LogP contribution in [-0.4, -0.2) is 22.1 Å². The number of aliphatic carboxylic acids is 1. The van der Waals surface area contributed by atoms with Crippen LogP contribution in [0.15, 0.2) is 29.2 Å². The van der Waals surface area contributed by atoms with Crippen molar-refractivity contribution in [3.63, 3.8) is 0 Å². The molecule has 4 unspecified atom stereocenters. The highest BCUT2D eigenvalue weighted by molar-refractivity contribution is 8.00. The van der Waals surface area contributed by atoms with Crippen LogP contribution in [0.5, 0.6) is 0 Å². The molecule has 0 amide bonds. The zero-order valence-corrected chi connectivity index (χ0v) is 12.6. The zero-order chi connectivity index (χ0) is 14.5. The fraction of sp³-hybridized carbons (Fsp3) is 0.467. The molecule has 0 spiro atoms. The molecule has 3 nitrogen and oxygen atoms in total. The molecule has 0 aliphatic heterocycles. The molecule has 0 saturated heterocycles. The Morgan fingerprint density at radius 3 is 2.85 bits per heavy atom. The molecule has 2 aliphatic carbocycles. The Hall–Kier alpha value is -1.00. The van der Waals surface area contributed by atoms with Crippen molar-refractivity contribution in [1.82, 2.24) is 0 Å². The summed E-state index contributed by atoms with van der Waals surface area (Å²) in [6.07, 6.45) is 1.10. The fourth-order valence-electron chi connectivity index (χ4n) is 3.73. The van der Waals surface area contributed by atoms with Crippen LogP contribution in [0.2, 0.25) is 5.02 Å². The van der Waals surface area contributed by atoms with Gasteiger partial charge in [-0.2, -0.15) is 0 Å². The molecule has 2 fully saturated rings. The van der Waals surface area contributed by atoms with Gasteiger partial charge in [0.05, 0.1) is 5.92 Å². The average molecular weight is 311 g/mol. The first-order valence-corrected chi connectivity index (χ1v) is 7.94. The first kappa shape index (κ1) is 14.0. The molecule has 0 heterocycles. The Morgan fingerprint density at radius 1 is 1.55 bits per heavy atom. The maximum atomic E-state index is 12.2. The lowest BCUT2D eigenvalue weighted by atomic mass is 9.95. The number of fused-ring (bicyclic) bond motifs is 1. The molecular weight excluding hydrogens is 296 g/mol. The van der Waals surface area contributed by atoms with Gasteiger partial charge in [0.2, 0.25) is 0 Å². The topological polar surface area (TPSA) is 54.4 Å². The van der Waals surface area contributed by atoms with Gasteiger partial charge in [0, 0.05) is 27.0 Å². The number of halogens is 1. The molecule has 1 N–H and O–H groups in total. The number of hydrogen-bond acceptors (Lipinski definition) is 3. The molecule has 0 aromatic heterocycles. The smallest absolute Gasteiger partial charge is 0.307 e. The summed E-state index contributed by atoms with van der Waals surface area (Å²) in [7, 11) is 0. The molecule has 106 valence electrons. The van der Waals surface area contributed by atoms with Gasteiger partial charge in [-0.3, -0.25) is 9.59 Å². The average Bonchev–Trinajstić information content (AvgIpc) is 3.01. The van der Waals surface area contributed by atoms with Gasteiger partial charge in [-0.15, -0.1) is 11.8 Å². The molecule has 0 radical (unpaired) electrons. The van der Waals surface area contributed by atoms with E-state index in [1.807, 2.05) is 25.1 Å². The number of carboxylic acids is 1. The Labute approximate surface area is 126 Å². The van der Waals surface area contributed by atoms with Crippen molar-refractivity contribution < 1.29 is 14.7 Å². The van der Waals surface area contributed by atoms with Gasteiger partial charge in [-0.25, -0.2) is 0 Å². The highest BCUT2D eigenvalue weighted by Gasteiger charge is 2.77. The standard InChI is InChI=1S/C15H15ClO3S/c1-2-15-11(17)7-10(12(15)13(15)14(18)19)20-9-5-3-4-8(16)6-9/h3-6,10,12-13H,2,7H2,1H3,(H,18,19). The van der Waals surface area contributed by atoms with Gasteiger partial charge in [0.1, 0.15) is 5.78 Å². The Bertz CT molecular complexity index is 588. The molecule has 4 atom stereocenters. The normalized spacial score (nSPS) is 34.9. The number of carbonyl (C=O) groups excluding carboxylic acids is 1. The van der Waals surface area contributed by atoms with E-state index in [0.29, 0.717) is 17.9 Å². The zero-order valence-electron chi connectivity index (χ0n) is 11.0. The minimum Gasteiger partial charge on any atom is -0.481 e. The number of carboxylic acid groups (broad SMARTS) is 1. The lowest BCUT2D eigenvalue weighted by Gasteiger charge is -2.12. The third-order valence-electron chi connectivity index (χ3n) is 4.64. The summed E-state index contributed by atoms with van der Waals surface area (Å²) >= 11 is 7.55. The molecule has 2 saturated carbocycles. The van der Waals surface area contributed by atoms with E-state index in [-0.39, 0.29) is 17.0 Å². The molecular formula is C15H15ClO3S. The summed E-state index contributed by atoms with van der Waals surface area (Å²) in [5.74, 6) is -1.23. The van der Waals surface area contributed by atoms with Crippen molar-refractivity contribution in [3.8, 4) is 0 Å². The van der Waals surface area contributed by atoms with Crippen molar-refractivity contribution in [1.29, 1.82) is 0 Å². The predicted octanol–water partition coefficient (Wildman–Crippen LogP) is 3.50. The van der Waals surface area contributed by atoms with Crippen LogP contribution < -0.4 is 0 Å². The molecule has 0 bridgehead atoms.